The Morgan fingerprint density at radius 1 is 0.645 bits per heavy atom. The maximum Gasteiger partial charge on any atom is 0.402 e. The first-order valence-electron chi connectivity index (χ1n) is 6.56. The Balaban J connectivity index is 0. The lowest BCUT2D eigenvalue weighted by Crippen LogP contribution is -2.72. The molecule has 0 rings (SSSR count). The van der Waals surface area contributed by atoms with Gasteiger partial charge in [0, 0.05) is 6.42 Å². The van der Waals surface area contributed by atoms with Gasteiger partial charge in [-0.25, -0.2) is 12.8 Å². The van der Waals surface area contributed by atoms with E-state index < -0.39 is 70.2 Å². The van der Waals surface area contributed by atoms with Crippen LogP contribution in [0.25, 0.3) is 0 Å². The molecule has 0 aliphatic rings. The molecule has 0 radical (unpaired) electrons. The van der Waals surface area contributed by atoms with Crippen LogP contribution in [-0.2, 0) is 10.1 Å². The maximum atomic E-state index is 13.3. The molecule has 0 saturated carbocycles. The summed E-state index contributed by atoms with van der Waals surface area (Å²) in [5.41, 5.74) is 0. The second kappa shape index (κ2) is 8.27. The zero-order chi connectivity index (χ0) is 25.0. The first-order chi connectivity index (χ1) is 12.6. The quantitative estimate of drug-likeness (QED) is 0.323. The van der Waals surface area contributed by atoms with Crippen LogP contribution in [0.4, 0.5) is 70.2 Å². The fourth-order valence-electron chi connectivity index (χ4n) is 1.61. The van der Waals surface area contributed by atoms with Crippen molar-refractivity contribution in [1.82, 2.24) is 6.15 Å². The SMILES string of the molecule is O=S(=O)([O-])C(F)(F)C(F)(F)C(F)(F)C(F)(F)C(F)(F)C(F)(F)C(F)CCC(F)(F)F.[NH4+]. The molecule has 1 unspecified atom stereocenters. The topological polar surface area (TPSA) is 93.7 Å². The van der Waals surface area contributed by atoms with E-state index in [9.17, 15) is 83.2 Å². The first-order valence-corrected chi connectivity index (χ1v) is 7.97. The smallest absolute Gasteiger partial charge is 0.402 e. The van der Waals surface area contributed by atoms with E-state index in [0.717, 1.165) is 0 Å². The summed E-state index contributed by atoms with van der Waals surface area (Å²) in [6.07, 6.45) is -16.1. The Labute approximate surface area is 160 Å². The van der Waals surface area contributed by atoms with E-state index >= 15 is 0 Å². The lowest BCUT2D eigenvalue weighted by Gasteiger charge is -2.42. The van der Waals surface area contributed by atoms with Crippen molar-refractivity contribution < 1.29 is 83.2 Å². The molecule has 0 aliphatic heterocycles. The molecule has 0 aliphatic carbocycles. The Bertz CT molecular complexity index is 730. The van der Waals surface area contributed by atoms with Crippen molar-refractivity contribution in [2.75, 3.05) is 0 Å². The molecular formula is C10H9F16NO3S. The van der Waals surface area contributed by atoms with Gasteiger partial charge in [-0.1, -0.05) is 0 Å². The van der Waals surface area contributed by atoms with Crippen LogP contribution >= 0.6 is 0 Å². The lowest BCUT2D eigenvalue weighted by atomic mass is 9.91. The molecule has 0 aromatic carbocycles. The summed E-state index contributed by atoms with van der Waals surface area (Å²) in [6, 6.07) is 0. The highest BCUT2D eigenvalue weighted by molar-refractivity contribution is 7.86. The standard InChI is InChI=1S/C10H6F16O3S.H3N/c11-3(1-2-4(12,13)14)5(15,16)6(17,18)7(19,20)8(21,22)9(23,24)10(25,26)30(27,28)29;/h3H,1-2H2,(H,27,28,29);1H3. The monoisotopic (exact) mass is 527 g/mol. The van der Waals surface area contributed by atoms with Crippen LogP contribution in [0.3, 0.4) is 0 Å². The van der Waals surface area contributed by atoms with Crippen molar-refractivity contribution in [1.29, 1.82) is 0 Å². The minimum absolute atomic E-state index is 0. The van der Waals surface area contributed by atoms with E-state index in [1.807, 2.05) is 0 Å². The molecule has 0 amide bonds. The Kier molecular flexibility index (Phi) is 8.52. The number of hydrogen-bond donors (Lipinski definition) is 1. The van der Waals surface area contributed by atoms with Gasteiger partial charge in [-0.05, 0) is 6.42 Å². The van der Waals surface area contributed by atoms with Gasteiger partial charge in [0.1, 0.15) is 0 Å². The van der Waals surface area contributed by atoms with Crippen molar-refractivity contribution in [3.8, 4) is 0 Å². The van der Waals surface area contributed by atoms with Gasteiger partial charge in [0.25, 0.3) is 0 Å². The first kappa shape index (κ1) is 31.9. The molecule has 31 heavy (non-hydrogen) atoms. The zero-order valence-corrected chi connectivity index (χ0v) is 15.0. The van der Waals surface area contributed by atoms with Gasteiger partial charge in [0.05, 0.1) is 0 Å². The summed E-state index contributed by atoms with van der Waals surface area (Å²) in [5, 5.41) is -7.77. The Hall–Kier alpha value is -1.25. The second-order valence-electron chi connectivity index (χ2n) is 5.51. The van der Waals surface area contributed by atoms with E-state index in [-0.39, 0.29) is 6.15 Å². The molecule has 0 fully saturated rings. The largest absolute Gasteiger partial charge is 0.743 e. The molecule has 0 aromatic heterocycles. The zero-order valence-electron chi connectivity index (χ0n) is 14.2. The van der Waals surface area contributed by atoms with E-state index in [2.05, 4.69) is 0 Å². The molecule has 0 heterocycles. The third-order valence-electron chi connectivity index (χ3n) is 3.36. The number of hydrogen-bond acceptors (Lipinski definition) is 3. The summed E-state index contributed by atoms with van der Waals surface area (Å²) in [6.45, 7) is 0. The van der Waals surface area contributed by atoms with Crippen LogP contribution in [0, 0.1) is 0 Å². The molecule has 21 heteroatoms. The van der Waals surface area contributed by atoms with Gasteiger partial charge in [-0.3, -0.25) is 0 Å². The van der Waals surface area contributed by atoms with Crippen LogP contribution < -0.4 is 6.15 Å². The van der Waals surface area contributed by atoms with Crippen LogP contribution in [0.5, 0.6) is 0 Å². The van der Waals surface area contributed by atoms with Gasteiger partial charge < -0.3 is 10.7 Å². The van der Waals surface area contributed by atoms with Crippen LogP contribution in [-0.4, -0.2) is 60.2 Å². The van der Waals surface area contributed by atoms with Gasteiger partial charge in [0.2, 0.25) is 0 Å². The summed E-state index contributed by atoms with van der Waals surface area (Å²) in [4.78, 5) is 0. The molecule has 0 bridgehead atoms. The summed E-state index contributed by atoms with van der Waals surface area (Å²) >= 11 is 0. The van der Waals surface area contributed by atoms with E-state index in [0.29, 0.717) is 0 Å². The minimum atomic E-state index is -8.47. The predicted molar refractivity (Wildman–Crippen MR) is 65.5 cm³/mol. The number of halogens is 16. The van der Waals surface area contributed by atoms with Crippen LogP contribution in [0.15, 0.2) is 0 Å². The van der Waals surface area contributed by atoms with Crippen molar-refractivity contribution in [3.63, 3.8) is 0 Å². The maximum absolute atomic E-state index is 13.3. The third-order valence-corrected chi connectivity index (χ3v) is 4.24. The lowest BCUT2D eigenvalue weighted by molar-refractivity contribution is -0.421. The molecule has 0 saturated heterocycles. The van der Waals surface area contributed by atoms with Crippen molar-refractivity contribution >= 4 is 10.1 Å². The third kappa shape index (κ3) is 4.91. The predicted octanol–water partition coefficient (Wildman–Crippen LogP) is 5.36. The Morgan fingerprint density at radius 3 is 1.26 bits per heavy atom. The number of alkyl halides is 16. The van der Waals surface area contributed by atoms with E-state index in [4.69, 9.17) is 0 Å². The summed E-state index contributed by atoms with van der Waals surface area (Å²) in [7, 11) is -8.00. The number of quaternary nitrogens is 1. The van der Waals surface area contributed by atoms with Gasteiger partial charge >= 0.3 is 41.0 Å². The van der Waals surface area contributed by atoms with Crippen LogP contribution in [0.2, 0.25) is 0 Å². The minimum Gasteiger partial charge on any atom is -0.743 e. The second-order valence-corrected chi connectivity index (χ2v) is 6.93. The molecule has 0 spiro atoms. The normalized spacial score (nSPS) is 16.7. The molecule has 0 aromatic rings. The van der Waals surface area contributed by atoms with Gasteiger partial charge in [-0.15, -0.1) is 0 Å². The summed E-state index contributed by atoms with van der Waals surface area (Å²) < 4.78 is 235. The molecule has 190 valence electrons. The van der Waals surface area contributed by atoms with Crippen molar-refractivity contribution in [2.45, 2.75) is 60.1 Å². The molecule has 4 nitrogen and oxygen atoms in total. The molecule has 4 N–H and O–H groups in total. The highest BCUT2D eigenvalue weighted by Gasteiger charge is 2.91. The fraction of sp³-hybridized carbons (Fsp3) is 1.00. The highest BCUT2D eigenvalue weighted by atomic mass is 32.2. The van der Waals surface area contributed by atoms with Crippen molar-refractivity contribution in [3.05, 3.63) is 0 Å². The number of rotatable bonds is 9. The molecular weight excluding hydrogens is 518 g/mol. The van der Waals surface area contributed by atoms with Gasteiger partial charge in [-0.2, -0.15) is 65.9 Å². The van der Waals surface area contributed by atoms with Crippen LogP contribution in [0.1, 0.15) is 12.8 Å². The molecule has 1 atom stereocenters. The average molecular weight is 527 g/mol. The Morgan fingerprint density at radius 2 is 0.968 bits per heavy atom. The van der Waals surface area contributed by atoms with Gasteiger partial charge in [0.15, 0.2) is 16.3 Å². The highest BCUT2D eigenvalue weighted by Crippen LogP contribution is 2.61. The van der Waals surface area contributed by atoms with E-state index in [1.54, 1.807) is 0 Å². The van der Waals surface area contributed by atoms with Crippen molar-refractivity contribution in [2.24, 2.45) is 0 Å². The van der Waals surface area contributed by atoms with E-state index in [1.165, 1.54) is 0 Å². The average Bonchev–Trinajstić information content (AvgIpc) is 2.49. The fourth-order valence-corrected chi connectivity index (χ4v) is 2.05. The summed E-state index contributed by atoms with van der Waals surface area (Å²) in [5.74, 6) is -40.6.